The van der Waals surface area contributed by atoms with Crippen molar-refractivity contribution >= 4 is 23.3 Å². The van der Waals surface area contributed by atoms with Crippen LogP contribution in [0.15, 0.2) is 42.5 Å². The van der Waals surface area contributed by atoms with Gasteiger partial charge in [-0.15, -0.1) is 0 Å². The molecule has 172 valence electrons. The molecule has 0 aromatic heterocycles. The van der Waals surface area contributed by atoms with Crippen LogP contribution in [0.3, 0.4) is 0 Å². The van der Waals surface area contributed by atoms with E-state index in [2.05, 4.69) is 27.7 Å². The average Bonchev–Trinajstić information content (AvgIpc) is 2.83. The second-order valence-electron chi connectivity index (χ2n) is 7.38. The molecule has 1 fully saturated rings. The smallest absolute Gasteiger partial charge is 0.318 e. The lowest BCUT2D eigenvalue weighted by Gasteiger charge is -2.36. The molecular formula is C23H30N4O5. The first-order chi connectivity index (χ1) is 15.5. The van der Waals surface area contributed by atoms with Crippen LogP contribution in [0.4, 0.5) is 16.2 Å². The number of rotatable bonds is 7. The van der Waals surface area contributed by atoms with E-state index in [1.54, 1.807) is 24.0 Å². The molecular weight excluding hydrogens is 412 g/mol. The van der Waals surface area contributed by atoms with Crippen LogP contribution in [-0.4, -0.2) is 70.4 Å². The first kappa shape index (κ1) is 23.1. The first-order valence-corrected chi connectivity index (χ1v) is 10.4. The number of ether oxygens (including phenoxy) is 3. The molecule has 32 heavy (non-hydrogen) atoms. The zero-order chi connectivity index (χ0) is 23.1. The van der Waals surface area contributed by atoms with Crippen molar-refractivity contribution in [3.05, 3.63) is 42.5 Å². The highest BCUT2D eigenvalue weighted by atomic mass is 16.5. The van der Waals surface area contributed by atoms with Crippen molar-refractivity contribution in [1.29, 1.82) is 0 Å². The van der Waals surface area contributed by atoms with Crippen LogP contribution in [0.2, 0.25) is 0 Å². The molecule has 1 atom stereocenters. The summed E-state index contributed by atoms with van der Waals surface area (Å²) in [6, 6.07) is 12.4. The Balaban J connectivity index is 1.55. The highest BCUT2D eigenvalue weighted by Gasteiger charge is 2.24. The molecule has 1 aliphatic heterocycles. The molecule has 2 aromatic rings. The third-order valence-corrected chi connectivity index (χ3v) is 5.35. The molecule has 1 unspecified atom stereocenters. The number of urea groups is 1. The second-order valence-corrected chi connectivity index (χ2v) is 7.38. The van der Waals surface area contributed by atoms with E-state index in [1.807, 2.05) is 18.2 Å². The fraction of sp³-hybridized carbons (Fsp3) is 0.391. The number of amides is 3. The van der Waals surface area contributed by atoms with Gasteiger partial charge < -0.3 is 34.6 Å². The van der Waals surface area contributed by atoms with Crippen LogP contribution in [0.1, 0.15) is 6.92 Å². The highest BCUT2D eigenvalue weighted by Crippen LogP contribution is 2.39. The van der Waals surface area contributed by atoms with Gasteiger partial charge in [-0.25, -0.2) is 4.79 Å². The van der Waals surface area contributed by atoms with Gasteiger partial charge in [-0.3, -0.25) is 4.79 Å². The van der Waals surface area contributed by atoms with E-state index in [4.69, 9.17) is 14.2 Å². The maximum Gasteiger partial charge on any atom is 0.318 e. The van der Waals surface area contributed by atoms with Gasteiger partial charge in [0, 0.05) is 49.7 Å². The maximum atomic E-state index is 12.7. The fourth-order valence-electron chi connectivity index (χ4n) is 3.55. The van der Waals surface area contributed by atoms with Gasteiger partial charge in [-0.2, -0.15) is 0 Å². The third-order valence-electron chi connectivity index (χ3n) is 5.35. The molecule has 1 heterocycles. The van der Waals surface area contributed by atoms with Gasteiger partial charge in [-0.1, -0.05) is 18.2 Å². The van der Waals surface area contributed by atoms with Crippen molar-refractivity contribution in [2.24, 2.45) is 0 Å². The monoisotopic (exact) mass is 442 g/mol. The number of para-hydroxylation sites is 1. The van der Waals surface area contributed by atoms with Crippen molar-refractivity contribution in [2.75, 3.05) is 57.7 Å². The number of nitrogens with one attached hydrogen (secondary N) is 2. The summed E-state index contributed by atoms with van der Waals surface area (Å²) in [7, 11) is 4.52. The lowest BCUT2D eigenvalue weighted by atomic mass is 10.2. The fourth-order valence-corrected chi connectivity index (χ4v) is 3.55. The SMILES string of the molecule is COc1cc(NC(=O)C(C)NC(=O)N2CCN(c3ccccc3)CC2)cc(OC)c1OC. The zero-order valence-electron chi connectivity index (χ0n) is 18.9. The number of carbonyl (C=O) groups excluding carboxylic acids is 2. The summed E-state index contributed by atoms with van der Waals surface area (Å²) in [5.74, 6) is 0.935. The Hall–Kier alpha value is -3.62. The Kier molecular flexibility index (Phi) is 7.64. The van der Waals surface area contributed by atoms with Gasteiger partial charge in [0.2, 0.25) is 11.7 Å². The van der Waals surface area contributed by atoms with Crippen molar-refractivity contribution in [2.45, 2.75) is 13.0 Å². The van der Waals surface area contributed by atoms with Crippen LogP contribution in [0, 0.1) is 0 Å². The number of carbonyl (C=O) groups is 2. The molecule has 1 aliphatic rings. The van der Waals surface area contributed by atoms with E-state index < -0.39 is 6.04 Å². The van der Waals surface area contributed by atoms with Gasteiger partial charge in [0.05, 0.1) is 21.3 Å². The zero-order valence-corrected chi connectivity index (χ0v) is 18.9. The molecule has 3 rings (SSSR count). The number of methoxy groups -OCH3 is 3. The van der Waals surface area contributed by atoms with E-state index in [0.717, 1.165) is 18.8 Å². The second kappa shape index (κ2) is 10.6. The minimum Gasteiger partial charge on any atom is -0.493 e. The standard InChI is InChI=1S/C23H30N4O5/c1-16(22(28)25-17-14-19(30-2)21(32-4)20(15-17)31-3)24-23(29)27-12-10-26(11-13-27)18-8-6-5-7-9-18/h5-9,14-16H,10-13H2,1-4H3,(H,24,29)(H,25,28). The molecule has 0 radical (unpaired) electrons. The largest absolute Gasteiger partial charge is 0.493 e. The number of hydrogen-bond donors (Lipinski definition) is 2. The van der Waals surface area contributed by atoms with Gasteiger partial charge in [0.1, 0.15) is 6.04 Å². The number of hydrogen-bond acceptors (Lipinski definition) is 6. The van der Waals surface area contributed by atoms with Gasteiger partial charge in [0.25, 0.3) is 0 Å². The van der Waals surface area contributed by atoms with Crippen LogP contribution >= 0.6 is 0 Å². The minimum atomic E-state index is -0.728. The maximum absolute atomic E-state index is 12.7. The lowest BCUT2D eigenvalue weighted by molar-refractivity contribution is -0.117. The van der Waals surface area contributed by atoms with Gasteiger partial charge >= 0.3 is 6.03 Å². The lowest BCUT2D eigenvalue weighted by Crippen LogP contribution is -2.54. The third kappa shape index (κ3) is 5.35. The quantitative estimate of drug-likeness (QED) is 0.685. The van der Waals surface area contributed by atoms with Crippen LogP contribution < -0.4 is 29.7 Å². The number of benzene rings is 2. The predicted octanol–water partition coefficient (Wildman–Crippen LogP) is 2.57. The van der Waals surface area contributed by atoms with E-state index >= 15 is 0 Å². The summed E-state index contributed by atoms with van der Waals surface area (Å²) in [6.07, 6.45) is 0. The molecule has 0 spiro atoms. The van der Waals surface area contributed by atoms with E-state index in [9.17, 15) is 9.59 Å². The van der Waals surface area contributed by atoms with Crippen LogP contribution in [-0.2, 0) is 4.79 Å². The summed E-state index contributed by atoms with van der Waals surface area (Å²) < 4.78 is 15.9. The molecule has 0 aliphatic carbocycles. The summed E-state index contributed by atoms with van der Waals surface area (Å²) >= 11 is 0. The highest BCUT2D eigenvalue weighted by molar-refractivity contribution is 5.97. The Morgan fingerprint density at radius 1 is 0.906 bits per heavy atom. The molecule has 2 N–H and O–H groups in total. The van der Waals surface area contributed by atoms with E-state index in [0.29, 0.717) is 36.0 Å². The molecule has 1 saturated heterocycles. The summed E-state index contributed by atoms with van der Waals surface area (Å²) in [5, 5.41) is 5.56. The molecule has 2 aromatic carbocycles. The Morgan fingerprint density at radius 3 is 2.03 bits per heavy atom. The molecule has 3 amide bonds. The van der Waals surface area contributed by atoms with Crippen LogP contribution in [0.25, 0.3) is 0 Å². The number of nitrogens with zero attached hydrogens (tertiary/aromatic N) is 2. The molecule has 9 heteroatoms. The van der Waals surface area contributed by atoms with Crippen molar-refractivity contribution < 1.29 is 23.8 Å². The Bertz CT molecular complexity index is 904. The van der Waals surface area contributed by atoms with Crippen molar-refractivity contribution in [3.8, 4) is 17.2 Å². The van der Waals surface area contributed by atoms with Gasteiger partial charge in [-0.05, 0) is 19.1 Å². The van der Waals surface area contributed by atoms with Crippen molar-refractivity contribution in [3.63, 3.8) is 0 Å². The molecule has 9 nitrogen and oxygen atoms in total. The Labute approximate surface area is 188 Å². The summed E-state index contributed by atoms with van der Waals surface area (Å²) in [6.45, 7) is 4.29. The summed E-state index contributed by atoms with van der Waals surface area (Å²) in [4.78, 5) is 29.3. The first-order valence-electron chi connectivity index (χ1n) is 10.4. The van der Waals surface area contributed by atoms with E-state index in [-0.39, 0.29) is 11.9 Å². The molecule has 0 bridgehead atoms. The predicted molar refractivity (Wildman–Crippen MR) is 123 cm³/mol. The molecule has 0 saturated carbocycles. The van der Waals surface area contributed by atoms with Crippen LogP contribution in [0.5, 0.6) is 17.2 Å². The topological polar surface area (TPSA) is 92.4 Å². The number of piperazine rings is 1. The van der Waals surface area contributed by atoms with Gasteiger partial charge in [0.15, 0.2) is 11.5 Å². The normalized spacial score (nSPS) is 14.4. The minimum absolute atomic E-state index is 0.259. The number of anilines is 2. The Morgan fingerprint density at radius 2 is 1.50 bits per heavy atom. The van der Waals surface area contributed by atoms with E-state index in [1.165, 1.54) is 21.3 Å². The van der Waals surface area contributed by atoms with Crippen molar-refractivity contribution in [1.82, 2.24) is 10.2 Å². The summed E-state index contributed by atoms with van der Waals surface area (Å²) in [5.41, 5.74) is 1.62. The average molecular weight is 443 g/mol.